The van der Waals surface area contributed by atoms with E-state index in [9.17, 15) is 0 Å². The van der Waals surface area contributed by atoms with E-state index in [0.717, 1.165) is 0 Å². The lowest BCUT2D eigenvalue weighted by atomic mass is 9.85. The van der Waals surface area contributed by atoms with Crippen molar-refractivity contribution < 1.29 is 0 Å². The van der Waals surface area contributed by atoms with Gasteiger partial charge in [0.2, 0.25) is 0 Å². The highest BCUT2D eigenvalue weighted by atomic mass is 14.2. The molecule has 0 atom stereocenters. The molecular weight excluding hydrogens is 649 g/mol. The first-order valence-electron chi connectivity index (χ1n) is 18.8. The molecule has 0 saturated carbocycles. The van der Waals surface area contributed by atoms with Gasteiger partial charge in [-0.05, 0) is 126 Å². The monoisotopic (exact) mass is 680 g/mol. The van der Waals surface area contributed by atoms with Crippen molar-refractivity contribution in [3.8, 4) is 44.5 Å². The van der Waals surface area contributed by atoms with Gasteiger partial charge in [-0.1, -0.05) is 188 Å². The van der Waals surface area contributed by atoms with Gasteiger partial charge in [0.15, 0.2) is 0 Å². The molecule has 0 aromatic heterocycles. The van der Waals surface area contributed by atoms with Crippen LogP contribution in [-0.4, -0.2) is 0 Å². The Morgan fingerprint density at radius 2 is 0.611 bits per heavy atom. The second-order valence-electron chi connectivity index (χ2n) is 14.8. The summed E-state index contributed by atoms with van der Waals surface area (Å²) < 4.78 is 0. The van der Waals surface area contributed by atoms with E-state index < -0.39 is 0 Å². The van der Waals surface area contributed by atoms with E-state index in [1.54, 1.807) is 0 Å². The van der Waals surface area contributed by atoms with Crippen LogP contribution in [0.4, 0.5) is 0 Å². The molecule has 0 radical (unpaired) electrons. The number of benzene rings is 12. The van der Waals surface area contributed by atoms with Crippen molar-refractivity contribution in [1.82, 2.24) is 0 Å². The summed E-state index contributed by atoms with van der Waals surface area (Å²) in [4.78, 5) is 0. The normalized spacial score (nSPS) is 12.1. The van der Waals surface area contributed by atoms with E-state index in [1.165, 1.54) is 120 Å². The van der Waals surface area contributed by atoms with E-state index in [-0.39, 0.29) is 0 Å². The van der Waals surface area contributed by atoms with Gasteiger partial charge < -0.3 is 0 Å². The largest absolute Gasteiger partial charge is 0.0616 e. The molecule has 0 unspecified atom stereocenters. The molecule has 0 bridgehead atoms. The first-order chi connectivity index (χ1) is 26.8. The molecular formula is C54H32. The summed E-state index contributed by atoms with van der Waals surface area (Å²) in [6.45, 7) is 0. The van der Waals surface area contributed by atoms with E-state index in [2.05, 4.69) is 194 Å². The van der Waals surface area contributed by atoms with Crippen molar-refractivity contribution in [1.29, 1.82) is 0 Å². The highest BCUT2D eigenvalue weighted by molar-refractivity contribution is 6.27. The SMILES string of the molecule is c1ccc2c(-c3ccc(-c4ccc(-c5ccc6ccc7cccc8ccc5c6c78)cc4)cc3-c3ccc4ccc5cccc6ccc3c4c56)cccc2c1. The van der Waals surface area contributed by atoms with E-state index in [0.29, 0.717) is 0 Å². The van der Waals surface area contributed by atoms with E-state index in [1.807, 2.05) is 0 Å². The minimum absolute atomic E-state index is 1.21. The lowest BCUT2D eigenvalue weighted by Crippen LogP contribution is -1.92. The van der Waals surface area contributed by atoms with Gasteiger partial charge in [-0.2, -0.15) is 0 Å². The number of hydrogen-bond donors (Lipinski definition) is 0. The van der Waals surface area contributed by atoms with Crippen LogP contribution >= 0.6 is 0 Å². The van der Waals surface area contributed by atoms with Crippen molar-refractivity contribution in [2.75, 3.05) is 0 Å². The summed E-state index contributed by atoms with van der Waals surface area (Å²) in [6.07, 6.45) is 0. The van der Waals surface area contributed by atoms with Gasteiger partial charge in [0.25, 0.3) is 0 Å². The smallest absolute Gasteiger partial charge is 0.00206 e. The highest BCUT2D eigenvalue weighted by Crippen LogP contribution is 2.45. The summed E-state index contributed by atoms with van der Waals surface area (Å²) in [7, 11) is 0. The molecule has 0 nitrogen and oxygen atoms in total. The Balaban J connectivity index is 1.05. The molecule has 12 aromatic carbocycles. The summed E-state index contributed by atoms with van der Waals surface area (Å²) in [5.41, 5.74) is 9.93. The highest BCUT2D eigenvalue weighted by Gasteiger charge is 2.18. The van der Waals surface area contributed by atoms with E-state index >= 15 is 0 Å². The van der Waals surface area contributed by atoms with Crippen LogP contribution in [0.15, 0.2) is 194 Å². The minimum Gasteiger partial charge on any atom is -0.0616 e. The van der Waals surface area contributed by atoms with Gasteiger partial charge in [0.05, 0.1) is 0 Å². The van der Waals surface area contributed by atoms with Crippen LogP contribution in [0.1, 0.15) is 0 Å². The quantitative estimate of drug-likeness (QED) is 0.162. The molecule has 0 heteroatoms. The van der Waals surface area contributed by atoms with Crippen LogP contribution < -0.4 is 0 Å². The average molecular weight is 681 g/mol. The van der Waals surface area contributed by atoms with Crippen LogP contribution in [0.25, 0.3) is 120 Å². The Morgan fingerprint density at radius 1 is 0.185 bits per heavy atom. The van der Waals surface area contributed by atoms with Gasteiger partial charge in [-0.25, -0.2) is 0 Å². The molecule has 0 aliphatic rings. The maximum atomic E-state index is 2.43. The number of rotatable bonds is 4. The summed E-state index contributed by atoms with van der Waals surface area (Å²) >= 11 is 0. The minimum atomic E-state index is 1.21. The molecule has 0 fully saturated rings. The van der Waals surface area contributed by atoms with Crippen molar-refractivity contribution in [2.24, 2.45) is 0 Å². The molecule has 0 heterocycles. The third-order valence-electron chi connectivity index (χ3n) is 12.0. The molecule has 248 valence electrons. The fourth-order valence-electron chi connectivity index (χ4n) is 9.44. The zero-order valence-electron chi connectivity index (χ0n) is 29.5. The molecule has 0 saturated heterocycles. The van der Waals surface area contributed by atoms with Crippen LogP contribution in [0.3, 0.4) is 0 Å². The van der Waals surface area contributed by atoms with Crippen molar-refractivity contribution >= 4 is 75.4 Å². The van der Waals surface area contributed by atoms with Crippen molar-refractivity contribution in [2.45, 2.75) is 0 Å². The molecule has 12 rings (SSSR count). The van der Waals surface area contributed by atoms with Gasteiger partial charge >= 0.3 is 0 Å². The lowest BCUT2D eigenvalue weighted by Gasteiger charge is -2.19. The van der Waals surface area contributed by atoms with Gasteiger partial charge in [-0.15, -0.1) is 0 Å². The van der Waals surface area contributed by atoms with Crippen LogP contribution in [0, 0.1) is 0 Å². The summed E-state index contributed by atoms with van der Waals surface area (Å²) in [5, 5.41) is 18.3. The molecule has 0 aliphatic heterocycles. The zero-order chi connectivity index (χ0) is 35.3. The Labute approximate surface area is 312 Å². The third-order valence-corrected chi connectivity index (χ3v) is 12.0. The van der Waals surface area contributed by atoms with Crippen LogP contribution in [-0.2, 0) is 0 Å². The predicted octanol–water partition coefficient (Wildman–Crippen LogP) is 15.3. The average Bonchev–Trinajstić information content (AvgIpc) is 3.24. The fourth-order valence-corrected chi connectivity index (χ4v) is 9.44. The summed E-state index contributed by atoms with van der Waals surface area (Å²) in [6, 6.07) is 72.5. The molecule has 12 aromatic rings. The number of fused-ring (bicyclic) bond motifs is 1. The lowest BCUT2D eigenvalue weighted by molar-refractivity contribution is 1.58. The summed E-state index contributed by atoms with van der Waals surface area (Å²) in [5.74, 6) is 0. The second-order valence-corrected chi connectivity index (χ2v) is 14.8. The Hall–Kier alpha value is -7.02. The van der Waals surface area contributed by atoms with Crippen molar-refractivity contribution in [3.05, 3.63) is 194 Å². The zero-order valence-corrected chi connectivity index (χ0v) is 29.5. The maximum absolute atomic E-state index is 2.43. The van der Waals surface area contributed by atoms with Crippen LogP contribution in [0.2, 0.25) is 0 Å². The Morgan fingerprint density at radius 3 is 1.28 bits per heavy atom. The third kappa shape index (κ3) is 4.26. The standard InChI is InChI=1S/C54H32/c1-2-12-43-34(6-1)7-5-13-45(43)46-29-26-42(32-50(46)47-28-23-41-21-19-37-9-4-11-39-25-31-49(47)54(41)52(37)39)33-14-16-35(17-15-33)44-27-22-40-20-18-36-8-3-10-38-24-30-48(44)53(40)51(36)38/h1-32H. The molecule has 0 amide bonds. The van der Waals surface area contributed by atoms with E-state index in [4.69, 9.17) is 0 Å². The topological polar surface area (TPSA) is 0 Å². The number of hydrogen-bond acceptors (Lipinski definition) is 0. The second kappa shape index (κ2) is 11.2. The van der Waals surface area contributed by atoms with Gasteiger partial charge in [0.1, 0.15) is 0 Å². The van der Waals surface area contributed by atoms with Gasteiger partial charge in [-0.3, -0.25) is 0 Å². The Kier molecular flexibility index (Phi) is 6.15. The predicted molar refractivity (Wildman–Crippen MR) is 233 cm³/mol. The Bertz CT molecular complexity index is 3380. The molecule has 0 spiro atoms. The fraction of sp³-hybridized carbons (Fsp3) is 0. The molecule has 0 aliphatic carbocycles. The first-order valence-corrected chi connectivity index (χ1v) is 18.8. The van der Waals surface area contributed by atoms with Crippen molar-refractivity contribution in [3.63, 3.8) is 0 Å². The van der Waals surface area contributed by atoms with Crippen LogP contribution in [0.5, 0.6) is 0 Å². The molecule has 54 heavy (non-hydrogen) atoms. The van der Waals surface area contributed by atoms with Gasteiger partial charge in [0, 0.05) is 0 Å². The maximum Gasteiger partial charge on any atom is -0.00206 e. The molecule has 0 N–H and O–H groups in total. The first kappa shape index (κ1) is 29.5.